The summed E-state index contributed by atoms with van der Waals surface area (Å²) in [6, 6.07) is 10.1. The first-order valence-corrected chi connectivity index (χ1v) is 9.46. The van der Waals surface area contributed by atoms with Crippen LogP contribution in [-0.2, 0) is 14.4 Å². The number of benzene rings is 2. The number of hydrogen-bond acceptors (Lipinski definition) is 7. The third kappa shape index (κ3) is 5.84. The molecule has 3 N–H and O–H groups in total. The molecule has 0 aromatic heterocycles. The van der Waals surface area contributed by atoms with Gasteiger partial charge in [-0.2, -0.15) is 13.5 Å². The largest absolute Gasteiger partial charge is 0.367 e. The van der Waals surface area contributed by atoms with Gasteiger partial charge in [0.05, 0.1) is 16.0 Å². The van der Waals surface area contributed by atoms with Gasteiger partial charge in [0, 0.05) is 22.2 Å². The number of hydroxylamine groups is 1. The Bertz CT molecular complexity index is 1010. The van der Waals surface area contributed by atoms with Gasteiger partial charge >= 0.3 is 10.1 Å². The van der Waals surface area contributed by atoms with E-state index in [2.05, 4.69) is 30.4 Å². The van der Waals surface area contributed by atoms with Crippen LogP contribution in [0.5, 0.6) is 0 Å². The molecule has 0 bridgehead atoms. The van der Waals surface area contributed by atoms with Gasteiger partial charge in [0.15, 0.2) is 0 Å². The quantitative estimate of drug-likeness (QED) is 0.293. The molecule has 2 aromatic rings. The monoisotopic (exact) mass is 455 g/mol. The van der Waals surface area contributed by atoms with E-state index in [1.54, 1.807) is 12.1 Å². The van der Waals surface area contributed by atoms with Gasteiger partial charge in [-0.1, -0.05) is 17.7 Å². The number of hydrogen-bond donors (Lipinski definition) is 2. The molecule has 0 aliphatic rings. The molecule has 0 amide bonds. The summed E-state index contributed by atoms with van der Waals surface area (Å²) in [4.78, 5) is 10.1. The van der Waals surface area contributed by atoms with Crippen LogP contribution in [0.1, 0.15) is 11.1 Å². The van der Waals surface area contributed by atoms with Crippen LogP contribution in [0.2, 0.25) is 0 Å². The number of rotatable bonds is 6. The van der Waals surface area contributed by atoms with Crippen LogP contribution >= 0.6 is 15.9 Å². The van der Waals surface area contributed by atoms with E-state index in [1.165, 1.54) is 36.5 Å². The van der Waals surface area contributed by atoms with Gasteiger partial charge in [-0.15, -0.1) is 9.39 Å². The fourth-order valence-corrected chi connectivity index (χ4v) is 2.99. The lowest BCUT2D eigenvalue weighted by Gasteiger charge is -2.06. The second-order valence-electron chi connectivity index (χ2n) is 5.15. The molecule has 0 heterocycles. The third-order valence-corrected chi connectivity index (χ3v) is 4.96. The number of aryl methyl sites for hydroxylation is 1. The first-order valence-electron chi connectivity index (χ1n) is 7.25. The molecule has 0 atom stereocenters. The van der Waals surface area contributed by atoms with Gasteiger partial charge in [0.2, 0.25) is 5.96 Å². The second kappa shape index (κ2) is 8.70. The van der Waals surface area contributed by atoms with Crippen molar-refractivity contribution >= 4 is 43.9 Å². The maximum absolute atomic E-state index is 12.0. The Kier molecular flexibility index (Phi) is 6.60. The van der Waals surface area contributed by atoms with Crippen molar-refractivity contribution in [3.63, 3.8) is 0 Å². The summed E-state index contributed by atoms with van der Waals surface area (Å²) in [5.74, 6) is -0.403. The highest BCUT2D eigenvalue weighted by molar-refractivity contribution is 9.10. The van der Waals surface area contributed by atoms with Crippen LogP contribution in [0.4, 0.5) is 5.69 Å². The van der Waals surface area contributed by atoms with E-state index in [-0.39, 0.29) is 10.6 Å². The van der Waals surface area contributed by atoms with Crippen molar-refractivity contribution < 1.29 is 17.6 Å². The Morgan fingerprint density at radius 1 is 1.30 bits per heavy atom. The molecule has 0 aliphatic heterocycles. The molecule has 12 heteroatoms. The van der Waals surface area contributed by atoms with Crippen LogP contribution in [-0.4, -0.2) is 25.5 Å². The number of nitrogens with zero attached hydrogens (tertiary/aromatic N) is 3. The minimum absolute atomic E-state index is 0.0493. The average molecular weight is 456 g/mol. The number of nitro benzene ring substituents is 1. The summed E-state index contributed by atoms with van der Waals surface area (Å²) in [7, 11) is -4.06. The van der Waals surface area contributed by atoms with Crippen molar-refractivity contribution in [1.82, 2.24) is 5.48 Å². The normalized spacial score (nSPS) is 12.3. The van der Waals surface area contributed by atoms with E-state index >= 15 is 0 Å². The Morgan fingerprint density at radius 2 is 1.96 bits per heavy atom. The standard InChI is InChI=1S/C15H14BrN5O5S/c1-10-2-6-13(7-3-10)27(24,25)26-20-15(17)19-18-9-11-4-5-12(21(22)23)8-14(11)16/h2-9H,1H3,(H3,17,19,20). The highest BCUT2D eigenvalue weighted by Crippen LogP contribution is 2.21. The van der Waals surface area contributed by atoms with Gasteiger partial charge in [-0.25, -0.2) is 5.48 Å². The Morgan fingerprint density at radius 3 is 2.56 bits per heavy atom. The summed E-state index contributed by atoms with van der Waals surface area (Å²) in [5, 5.41) is 17.9. The number of halogens is 1. The van der Waals surface area contributed by atoms with E-state index in [1.807, 2.05) is 12.4 Å². The number of non-ortho nitro benzene ring substituents is 1. The topological polar surface area (TPSA) is 149 Å². The molecule has 0 aliphatic carbocycles. The lowest BCUT2D eigenvalue weighted by molar-refractivity contribution is -0.384. The van der Waals surface area contributed by atoms with Crippen molar-refractivity contribution in [2.24, 2.45) is 15.9 Å². The zero-order chi connectivity index (χ0) is 20.0. The summed E-state index contributed by atoms with van der Waals surface area (Å²) in [6.07, 6.45) is 1.27. The molecule has 0 fully saturated rings. The second-order valence-corrected chi connectivity index (χ2v) is 7.55. The van der Waals surface area contributed by atoms with Crippen molar-refractivity contribution in [2.75, 3.05) is 0 Å². The van der Waals surface area contributed by atoms with Gasteiger partial charge in [-0.05, 0) is 41.1 Å². The molecule has 2 aromatic carbocycles. The zero-order valence-electron chi connectivity index (χ0n) is 13.9. The van der Waals surface area contributed by atoms with E-state index in [0.29, 0.717) is 10.0 Å². The lowest BCUT2D eigenvalue weighted by atomic mass is 10.2. The molecule has 142 valence electrons. The molecular weight excluding hydrogens is 442 g/mol. The molecule has 0 saturated carbocycles. The predicted molar refractivity (Wildman–Crippen MR) is 103 cm³/mol. The summed E-state index contributed by atoms with van der Waals surface area (Å²) >= 11 is 3.18. The first kappa shape index (κ1) is 20.5. The molecule has 27 heavy (non-hydrogen) atoms. The van der Waals surface area contributed by atoms with E-state index in [9.17, 15) is 18.5 Å². The maximum atomic E-state index is 12.0. The number of nitrogens with one attached hydrogen (secondary N) is 1. The molecule has 0 saturated heterocycles. The molecule has 2 rings (SSSR count). The molecular formula is C15H14BrN5O5S. The van der Waals surface area contributed by atoms with Crippen LogP contribution < -0.4 is 11.2 Å². The highest BCUT2D eigenvalue weighted by atomic mass is 79.9. The van der Waals surface area contributed by atoms with E-state index in [4.69, 9.17) is 5.73 Å². The van der Waals surface area contributed by atoms with Gasteiger partial charge in [0.1, 0.15) is 0 Å². The highest BCUT2D eigenvalue weighted by Gasteiger charge is 2.15. The average Bonchev–Trinajstić information content (AvgIpc) is 2.61. The third-order valence-electron chi connectivity index (χ3n) is 3.12. The van der Waals surface area contributed by atoms with Gasteiger partial charge in [0.25, 0.3) is 5.69 Å². The maximum Gasteiger partial charge on any atom is 0.317 e. The first-order chi connectivity index (χ1) is 12.7. The fraction of sp³-hybridized carbons (Fsp3) is 0.0667. The van der Waals surface area contributed by atoms with Crippen LogP contribution in [0.3, 0.4) is 0 Å². The van der Waals surface area contributed by atoms with Crippen molar-refractivity contribution in [2.45, 2.75) is 11.8 Å². The Balaban J connectivity index is 2.00. The van der Waals surface area contributed by atoms with E-state index in [0.717, 1.165) is 5.56 Å². The zero-order valence-corrected chi connectivity index (χ0v) is 16.3. The van der Waals surface area contributed by atoms with E-state index < -0.39 is 21.0 Å². The molecule has 10 nitrogen and oxygen atoms in total. The summed E-state index contributed by atoms with van der Waals surface area (Å²) < 4.78 is 29.0. The summed E-state index contributed by atoms with van der Waals surface area (Å²) in [5.41, 5.74) is 8.79. The van der Waals surface area contributed by atoms with Crippen LogP contribution in [0.25, 0.3) is 0 Å². The Hall–Kier alpha value is -2.83. The smallest absolute Gasteiger partial charge is 0.317 e. The van der Waals surface area contributed by atoms with Gasteiger partial charge in [-0.3, -0.25) is 10.1 Å². The SMILES string of the molecule is Cc1ccc(S(=O)(=O)ONC(N)=NN=Cc2ccc([N+](=O)[O-])cc2Br)cc1. The molecule has 0 spiro atoms. The summed E-state index contributed by atoms with van der Waals surface area (Å²) in [6.45, 7) is 1.82. The number of nitro groups is 1. The molecule has 0 unspecified atom stereocenters. The fourth-order valence-electron chi connectivity index (χ4n) is 1.76. The van der Waals surface area contributed by atoms with Crippen molar-refractivity contribution in [3.8, 4) is 0 Å². The number of nitrogens with two attached hydrogens (primary N) is 1. The molecule has 0 radical (unpaired) electrons. The minimum Gasteiger partial charge on any atom is -0.367 e. The van der Waals surface area contributed by atoms with Crippen LogP contribution in [0.15, 0.2) is 62.0 Å². The van der Waals surface area contributed by atoms with Crippen molar-refractivity contribution in [1.29, 1.82) is 0 Å². The van der Waals surface area contributed by atoms with Gasteiger partial charge < -0.3 is 5.73 Å². The minimum atomic E-state index is -4.06. The predicted octanol–water partition coefficient (Wildman–Crippen LogP) is 2.22. The Labute approximate surface area is 163 Å². The van der Waals surface area contributed by atoms with Crippen LogP contribution in [0, 0.1) is 17.0 Å². The number of guanidine groups is 1. The lowest BCUT2D eigenvalue weighted by Crippen LogP contribution is -2.33. The van der Waals surface area contributed by atoms with Crippen molar-refractivity contribution in [3.05, 3.63) is 68.2 Å².